The number of hydrogen-bond acceptors (Lipinski definition) is 3. The zero-order chi connectivity index (χ0) is 16.8. The van der Waals surface area contributed by atoms with Crippen LogP contribution in [0.15, 0.2) is 27.7 Å². The van der Waals surface area contributed by atoms with Gasteiger partial charge in [0.25, 0.3) is 0 Å². The normalized spacial score (nSPS) is 11.1. The molecule has 0 spiro atoms. The van der Waals surface area contributed by atoms with Crippen molar-refractivity contribution in [1.29, 1.82) is 0 Å². The molecule has 2 aromatic rings. The number of rotatable bonds is 5. The van der Waals surface area contributed by atoms with Crippen molar-refractivity contribution < 1.29 is 8.91 Å². The minimum absolute atomic E-state index is 0. The SMILES string of the molecule is CCNC(=NCc1ccc(F)c(Cl)c1)NCc1c(C)noc1C.I. The van der Waals surface area contributed by atoms with Gasteiger partial charge in [0.1, 0.15) is 11.6 Å². The van der Waals surface area contributed by atoms with Gasteiger partial charge < -0.3 is 15.2 Å². The Morgan fingerprint density at radius 3 is 2.67 bits per heavy atom. The molecule has 0 aliphatic rings. The van der Waals surface area contributed by atoms with Crippen LogP contribution in [0.5, 0.6) is 0 Å². The summed E-state index contributed by atoms with van der Waals surface area (Å²) >= 11 is 5.78. The highest BCUT2D eigenvalue weighted by atomic mass is 127. The molecule has 0 bridgehead atoms. The van der Waals surface area contributed by atoms with Crippen molar-refractivity contribution in [2.75, 3.05) is 6.54 Å². The molecule has 0 radical (unpaired) electrons. The average molecular weight is 467 g/mol. The van der Waals surface area contributed by atoms with Crippen LogP contribution in [0.4, 0.5) is 4.39 Å². The van der Waals surface area contributed by atoms with E-state index >= 15 is 0 Å². The first-order valence-electron chi connectivity index (χ1n) is 7.39. The first-order valence-corrected chi connectivity index (χ1v) is 7.77. The third-order valence-electron chi connectivity index (χ3n) is 3.36. The first-order chi connectivity index (χ1) is 11.0. The Morgan fingerprint density at radius 2 is 2.08 bits per heavy atom. The van der Waals surface area contributed by atoms with E-state index in [1.54, 1.807) is 12.1 Å². The number of hydrogen-bond donors (Lipinski definition) is 2. The van der Waals surface area contributed by atoms with Crippen LogP contribution in [0, 0.1) is 19.7 Å². The molecule has 2 rings (SSSR count). The van der Waals surface area contributed by atoms with Crippen LogP contribution >= 0.6 is 35.6 Å². The molecule has 1 aromatic heterocycles. The molecule has 0 unspecified atom stereocenters. The molecule has 0 saturated heterocycles. The van der Waals surface area contributed by atoms with Gasteiger partial charge in [-0.3, -0.25) is 0 Å². The number of nitrogens with zero attached hydrogens (tertiary/aromatic N) is 2. The maximum absolute atomic E-state index is 13.2. The molecule has 132 valence electrons. The fourth-order valence-electron chi connectivity index (χ4n) is 2.08. The lowest BCUT2D eigenvalue weighted by Crippen LogP contribution is -2.37. The predicted octanol–water partition coefficient (Wildman–Crippen LogP) is 3.96. The summed E-state index contributed by atoms with van der Waals surface area (Å²) in [6, 6.07) is 4.60. The van der Waals surface area contributed by atoms with Crippen LogP contribution in [-0.2, 0) is 13.1 Å². The lowest BCUT2D eigenvalue weighted by molar-refractivity contribution is 0.392. The summed E-state index contributed by atoms with van der Waals surface area (Å²) in [5.74, 6) is 1.02. The van der Waals surface area contributed by atoms with E-state index in [-0.39, 0.29) is 29.0 Å². The second-order valence-electron chi connectivity index (χ2n) is 5.10. The fourth-order valence-corrected chi connectivity index (χ4v) is 2.28. The van der Waals surface area contributed by atoms with Crippen molar-refractivity contribution in [3.63, 3.8) is 0 Å². The molecule has 8 heteroatoms. The summed E-state index contributed by atoms with van der Waals surface area (Å²) in [6.07, 6.45) is 0. The van der Waals surface area contributed by atoms with E-state index in [1.165, 1.54) is 6.07 Å². The molecule has 0 aliphatic carbocycles. The van der Waals surface area contributed by atoms with Crippen molar-refractivity contribution in [2.24, 2.45) is 4.99 Å². The number of aromatic nitrogens is 1. The zero-order valence-electron chi connectivity index (χ0n) is 13.8. The molecular formula is C16H21ClFIN4O. The highest BCUT2D eigenvalue weighted by Gasteiger charge is 2.09. The van der Waals surface area contributed by atoms with E-state index in [0.29, 0.717) is 19.0 Å². The van der Waals surface area contributed by atoms with Gasteiger partial charge in [0, 0.05) is 18.7 Å². The molecule has 0 amide bonds. The van der Waals surface area contributed by atoms with Crippen LogP contribution < -0.4 is 10.6 Å². The third-order valence-corrected chi connectivity index (χ3v) is 3.65. The van der Waals surface area contributed by atoms with E-state index in [4.69, 9.17) is 16.1 Å². The van der Waals surface area contributed by atoms with Gasteiger partial charge in [0.2, 0.25) is 0 Å². The van der Waals surface area contributed by atoms with E-state index in [2.05, 4.69) is 20.8 Å². The Kier molecular flexibility index (Phi) is 8.47. The number of benzene rings is 1. The summed E-state index contributed by atoms with van der Waals surface area (Å²) in [5, 5.41) is 10.4. The molecule has 0 fully saturated rings. The van der Waals surface area contributed by atoms with Crippen molar-refractivity contribution in [3.8, 4) is 0 Å². The number of halogens is 3. The van der Waals surface area contributed by atoms with Crippen LogP contribution in [0.2, 0.25) is 5.02 Å². The maximum atomic E-state index is 13.2. The molecular weight excluding hydrogens is 446 g/mol. The van der Waals surface area contributed by atoms with E-state index in [0.717, 1.165) is 29.1 Å². The van der Waals surface area contributed by atoms with Gasteiger partial charge in [0.15, 0.2) is 5.96 Å². The van der Waals surface area contributed by atoms with Crippen LogP contribution in [0.3, 0.4) is 0 Å². The minimum atomic E-state index is -0.428. The standard InChI is InChI=1S/C16H20ClFN4O.HI/c1-4-19-16(21-9-13-10(2)22-23-11(13)3)20-8-12-5-6-15(18)14(17)7-12;/h5-7H,4,8-9H2,1-3H3,(H2,19,20,21);1H. The van der Waals surface area contributed by atoms with Crippen molar-refractivity contribution in [2.45, 2.75) is 33.9 Å². The summed E-state index contributed by atoms with van der Waals surface area (Å²) in [7, 11) is 0. The Morgan fingerprint density at radius 1 is 1.33 bits per heavy atom. The average Bonchev–Trinajstić information content (AvgIpc) is 2.84. The Bertz CT molecular complexity index is 686. The Labute approximate surface area is 163 Å². The Hall–Kier alpha value is -1.35. The van der Waals surface area contributed by atoms with Crippen LogP contribution in [0.25, 0.3) is 0 Å². The number of aliphatic imine (C=N–C) groups is 1. The van der Waals surface area contributed by atoms with Gasteiger partial charge in [-0.1, -0.05) is 22.8 Å². The molecule has 1 aromatic carbocycles. The van der Waals surface area contributed by atoms with Crippen molar-refractivity contribution in [1.82, 2.24) is 15.8 Å². The van der Waals surface area contributed by atoms with E-state index in [9.17, 15) is 4.39 Å². The molecule has 0 saturated carbocycles. The summed E-state index contributed by atoms with van der Waals surface area (Å²) in [6.45, 7) is 7.47. The van der Waals surface area contributed by atoms with E-state index < -0.39 is 5.82 Å². The smallest absolute Gasteiger partial charge is 0.191 e. The molecule has 24 heavy (non-hydrogen) atoms. The first kappa shape index (κ1) is 20.7. The molecule has 0 atom stereocenters. The summed E-state index contributed by atoms with van der Waals surface area (Å²) in [4.78, 5) is 4.48. The molecule has 5 nitrogen and oxygen atoms in total. The number of aryl methyl sites for hydroxylation is 2. The lowest BCUT2D eigenvalue weighted by Gasteiger charge is -2.11. The van der Waals surface area contributed by atoms with Gasteiger partial charge in [-0.2, -0.15) is 0 Å². The van der Waals surface area contributed by atoms with Gasteiger partial charge in [0.05, 0.1) is 17.3 Å². The highest BCUT2D eigenvalue weighted by Crippen LogP contribution is 2.16. The fraction of sp³-hybridized carbons (Fsp3) is 0.375. The zero-order valence-corrected chi connectivity index (χ0v) is 16.9. The topological polar surface area (TPSA) is 62.5 Å². The minimum Gasteiger partial charge on any atom is -0.361 e. The maximum Gasteiger partial charge on any atom is 0.191 e. The third kappa shape index (κ3) is 5.62. The summed E-state index contributed by atoms with van der Waals surface area (Å²) in [5.41, 5.74) is 2.71. The predicted molar refractivity (Wildman–Crippen MR) is 104 cm³/mol. The second-order valence-corrected chi connectivity index (χ2v) is 5.51. The Balaban J connectivity index is 0.00000288. The van der Waals surface area contributed by atoms with E-state index in [1.807, 2.05) is 20.8 Å². The quantitative estimate of drug-likeness (QED) is 0.398. The number of guanidine groups is 1. The largest absolute Gasteiger partial charge is 0.361 e. The van der Waals surface area contributed by atoms with Crippen molar-refractivity contribution in [3.05, 3.63) is 51.6 Å². The summed E-state index contributed by atoms with van der Waals surface area (Å²) < 4.78 is 18.3. The molecule has 0 aliphatic heterocycles. The van der Waals surface area contributed by atoms with Gasteiger partial charge >= 0.3 is 0 Å². The van der Waals surface area contributed by atoms with Gasteiger partial charge in [-0.05, 0) is 38.5 Å². The second kappa shape index (κ2) is 9.83. The number of nitrogens with one attached hydrogen (secondary N) is 2. The van der Waals surface area contributed by atoms with Crippen molar-refractivity contribution >= 4 is 41.5 Å². The highest BCUT2D eigenvalue weighted by molar-refractivity contribution is 14.0. The van der Waals surface area contributed by atoms with Gasteiger partial charge in [-0.25, -0.2) is 9.38 Å². The molecule has 1 heterocycles. The van der Waals surface area contributed by atoms with Crippen LogP contribution in [0.1, 0.15) is 29.5 Å². The van der Waals surface area contributed by atoms with Gasteiger partial charge in [-0.15, -0.1) is 24.0 Å². The monoisotopic (exact) mass is 466 g/mol. The molecule has 2 N–H and O–H groups in total. The lowest BCUT2D eigenvalue weighted by atomic mass is 10.2. The van der Waals surface area contributed by atoms with Crippen LogP contribution in [-0.4, -0.2) is 17.7 Å².